The van der Waals surface area contributed by atoms with E-state index in [2.05, 4.69) is 23.8 Å². The summed E-state index contributed by atoms with van der Waals surface area (Å²) in [5.41, 5.74) is 7.46. The van der Waals surface area contributed by atoms with Crippen LogP contribution in [0.25, 0.3) is 0 Å². The number of rotatable bonds is 3. The minimum Gasteiger partial charge on any atom is -0.334 e. The van der Waals surface area contributed by atoms with Crippen LogP contribution in [-0.2, 0) is 4.79 Å². The molecule has 0 spiro atoms. The third-order valence-corrected chi connectivity index (χ3v) is 4.04. The smallest absolute Gasteiger partial charge is 0.223 e. The number of nitrogens with two attached hydrogens (primary N) is 1. The van der Waals surface area contributed by atoms with Crippen LogP contribution in [0.1, 0.15) is 44.2 Å². The van der Waals surface area contributed by atoms with E-state index in [-0.39, 0.29) is 18.0 Å². The molecule has 0 bridgehead atoms. The Morgan fingerprint density at radius 2 is 2.41 bits per heavy atom. The molecule has 2 unspecified atom stereocenters. The number of carbonyl (C=O) groups excluding carboxylic acids is 1. The number of hydrogen-bond acceptors (Lipinski definition) is 3. The third kappa shape index (κ3) is 2.69. The van der Waals surface area contributed by atoms with Gasteiger partial charge in [0.25, 0.3) is 0 Å². The van der Waals surface area contributed by atoms with Gasteiger partial charge in [-0.15, -0.1) is 0 Å². The lowest BCUT2D eigenvalue weighted by Crippen LogP contribution is -2.42. The molecule has 2 atom stereocenters. The Hall–Kier alpha value is -0.870. The first-order valence-electron chi connectivity index (χ1n) is 6.31. The molecule has 2 N–H and O–H groups in total. The molecule has 17 heavy (non-hydrogen) atoms. The SMILES string of the molecule is CCCN1C(=O)CCCC(N)C1c1ccsc1. The van der Waals surface area contributed by atoms with Gasteiger partial charge in [0.1, 0.15) is 0 Å². The van der Waals surface area contributed by atoms with Crippen molar-refractivity contribution in [3.8, 4) is 0 Å². The van der Waals surface area contributed by atoms with Gasteiger partial charge >= 0.3 is 0 Å². The summed E-state index contributed by atoms with van der Waals surface area (Å²) in [5.74, 6) is 0.260. The van der Waals surface area contributed by atoms with Crippen molar-refractivity contribution in [3.63, 3.8) is 0 Å². The summed E-state index contributed by atoms with van der Waals surface area (Å²) in [7, 11) is 0. The molecular weight excluding hydrogens is 232 g/mol. The summed E-state index contributed by atoms with van der Waals surface area (Å²) in [6, 6.07) is 2.25. The molecule has 0 aliphatic carbocycles. The Morgan fingerprint density at radius 1 is 1.59 bits per heavy atom. The molecule has 1 aromatic heterocycles. The predicted octanol–water partition coefficient (Wildman–Crippen LogP) is 2.54. The van der Waals surface area contributed by atoms with E-state index >= 15 is 0 Å². The Morgan fingerprint density at radius 3 is 3.06 bits per heavy atom. The highest BCUT2D eigenvalue weighted by atomic mass is 32.1. The second-order valence-electron chi connectivity index (χ2n) is 4.64. The number of amides is 1. The lowest BCUT2D eigenvalue weighted by Gasteiger charge is -2.33. The van der Waals surface area contributed by atoms with E-state index in [1.165, 1.54) is 5.56 Å². The highest BCUT2D eigenvalue weighted by Gasteiger charge is 2.32. The van der Waals surface area contributed by atoms with Gasteiger partial charge in [0.15, 0.2) is 0 Å². The molecule has 1 amide bonds. The zero-order chi connectivity index (χ0) is 12.3. The van der Waals surface area contributed by atoms with Crippen LogP contribution in [-0.4, -0.2) is 23.4 Å². The maximum absolute atomic E-state index is 12.1. The van der Waals surface area contributed by atoms with E-state index in [1.807, 2.05) is 4.90 Å². The van der Waals surface area contributed by atoms with Gasteiger partial charge in [-0.1, -0.05) is 6.92 Å². The van der Waals surface area contributed by atoms with E-state index in [0.717, 1.165) is 25.8 Å². The van der Waals surface area contributed by atoms with Crippen LogP contribution < -0.4 is 5.73 Å². The minimum atomic E-state index is 0.0719. The monoisotopic (exact) mass is 252 g/mol. The summed E-state index contributed by atoms with van der Waals surface area (Å²) in [5, 5.41) is 4.17. The fourth-order valence-corrected chi connectivity index (χ4v) is 3.24. The first-order chi connectivity index (χ1) is 8.24. The van der Waals surface area contributed by atoms with Crippen molar-refractivity contribution in [3.05, 3.63) is 22.4 Å². The Bertz CT molecular complexity index is 364. The van der Waals surface area contributed by atoms with E-state index in [0.29, 0.717) is 6.42 Å². The van der Waals surface area contributed by atoms with Crippen molar-refractivity contribution < 1.29 is 4.79 Å². The Balaban J connectivity index is 2.29. The Labute approximate surface area is 107 Å². The van der Waals surface area contributed by atoms with Gasteiger partial charge in [-0.05, 0) is 41.7 Å². The first-order valence-corrected chi connectivity index (χ1v) is 7.25. The molecule has 1 aliphatic rings. The summed E-state index contributed by atoms with van der Waals surface area (Å²) < 4.78 is 0. The van der Waals surface area contributed by atoms with E-state index in [4.69, 9.17) is 5.73 Å². The van der Waals surface area contributed by atoms with Gasteiger partial charge in [0.2, 0.25) is 5.91 Å². The number of nitrogens with zero attached hydrogens (tertiary/aromatic N) is 1. The van der Waals surface area contributed by atoms with Crippen LogP contribution in [0.4, 0.5) is 0 Å². The second kappa shape index (κ2) is 5.65. The van der Waals surface area contributed by atoms with E-state index in [1.54, 1.807) is 11.3 Å². The predicted molar refractivity (Wildman–Crippen MR) is 70.9 cm³/mol. The molecular formula is C13H20N2OS. The zero-order valence-electron chi connectivity index (χ0n) is 10.3. The lowest BCUT2D eigenvalue weighted by molar-refractivity contribution is -0.133. The van der Waals surface area contributed by atoms with Crippen LogP contribution in [0.15, 0.2) is 16.8 Å². The molecule has 0 aromatic carbocycles. The fraction of sp³-hybridized carbons (Fsp3) is 0.615. The highest BCUT2D eigenvalue weighted by molar-refractivity contribution is 7.07. The average Bonchev–Trinajstić information content (AvgIpc) is 2.77. The largest absolute Gasteiger partial charge is 0.334 e. The Kier molecular flexibility index (Phi) is 4.18. The summed E-state index contributed by atoms with van der Waals surface area (Å²) >= 11 is 1.67. The normalized spacial score (nSPS) is 26.0. The van der Waals surface area contributed by atoms with Gasteiger partial charge in [-0.25, -0.2) is 0 Å². The first kappa shape index (κ1) is 12.6. The van der Waals surface area contributed by atoms with Crippen LogP contribution >= 0.6 is 11.3 Å². The topological polar surface area (TPSA) is 46.3 Å². The molecule has 1 fully saturated rings. The summed E-state index contributed by atoms with van der Waals surface area (Å²) in [6.45, 7) is 2.92. The zero-order valence-corrected chi connectivity index (χ0v) is 11.1. The number of hydrogen-bond donors (Lipinski definition) is 1. The van der Waals surface area contributed by atoms with Crippen LogP contribution in [0.5, 0.6) is 0 Å². The van der Waals surface area contributed by atoms with Gasteiger partial charge in [0.05, 0.1) is 6.04 Å². The number of likely N-dealkylation sites (tertiary alicyclic amines) is 1. The van der Waals surface area contributed by atoms with Gasteiger partial charge < -0.3 is 10.6 Å². The molecule has 2 heterocycles. The van der Waals surface area contributed by atoms with E-state index in [9.17, 15) is 4.79 Å². The third-order valence-electron chi connectivity index (χ3n) is 3.34. The molecule has 2 rings (SSSR count). The second-order valence-corrected chi connectivity index (χ2v) is 5.42. The van der Waals surface area contributed by atoms with Crippen molar-refractivity contribution >= 4 is 17.2 Å². The summed E-state index contributed by atoms with van der Waals surface area (Å²) in [4.78, 5) is 14.1. The van der Waals surface area contributed by atoms with Gasteiger partial charge in [-0.2, -0.15) is 11.3 Å². The molecule has 1 saturated heterocycles. The van der Waals surface area contributed by atoms with Crippen LogP contribution in [0.2, 0.25) is 0 Å². The minimum absolute atomic E-state index is 0.0719. The standard InChI is InChI=1S/C13H20N2OS/c1-2-7-15-12(16)5-3-4-11(14)13(15)10-6-8-17-9-10/h6,8-9,11,13H,2-5,7,14H2,1H3. The van der Waals surface area contributed by atoms with Gasteiger partial charge in [0, 0.05) is 19.0 Å². The molecule has 3 nitrogen and oxygen atoms in total. The lowest BCUT2D eigenvalue weighted by atomic mass is 9.98. The average molecular weight is 252 g/mol. The maximum Gasteiger partial charge on any atom is 0.223 e. The molecule has 4 heteroatoms. The van der Waals surface area contributed by atoms with Crippen LogP contribution in [0, 0.1) is 0 Å². The van der Waals surface area contributed by atoms with Crippen LogP contribution in [0.3, 0.4) is 0 Å². The number of thiophene rings is 1. The molecule has 1 aliphatic heterocycles. The van der Waals surface area contributed by atoms with Crippen molar-refractivity contribution in [2.45, 2.75) is 44.7 Å². The van der Waals surface area contributed by atoms with Crippen molar-refractivity contribution in [2.24, 2.45) is 5.73 Å². The number of carbonyl (C=O) groups is 1. The van der Waals surface area contributed by atoms with Crippen molar-refractivity contribution in [1.29, 1.82) is 0 Å². The van der Waals surface area contributed by atoms with Gasteiger partial charge in [-0.3, -0.25) is 4.79 Å². The van der Waals surface area contributed by atoms with Crippen molar-refractivity contribution in [2.75, 3.05) is 6.54 Å². The summed E-state index contributed by atoms with van der Waals surface area (Å²) in [6.07, 6.45) is 3.49. The van der Waals surface area contributed by atoms with E-state index < -0.39 is 0 Å². The molecule has 0 saturated carbocycles. The fourth-order valence-electron chi connectivity index (χ4n) is 2.55. The molecule has 1 aromatic rings. The molecule has 0 radical (unpaired) electrons. The van der Waals surface area contributed by atoms with Crippen molar-refractivity contribution in [1.82, 2.24) is 4.90 Å². The molecule has 94 valence electrons. The maximum atomic E-state index is 12.1. The highest BCUT2D eigenvalue weighted by Crippen LogP contribution is 2.31. The quantitative estimate of drug-likeness (QED) is 0.898.